The number of rotatable bonds is 20. The second-order valence-electron chi connectivity index (χ2n) is 15.4. The predicted octanol–water partition coefficient (Wildman–Crippen LogP) is 5.61. The smallest absolute Gasteiger partial charge is 0.410 e. The molecule has 1 heterocycles. The number of amides is 7. The van der Waals surface area contributed by atoms with Gasteiger partial charge in [0.15, 0.2) is 0 Å². The second kappa shape index (κ2) is 22.0. The Hall–Kier alpha value is -6.51. The van der Waals surface area contributed by atoms with Crippen molar-refractivity contribution in [3.05, 3.63) is 102 Å². The lowest BCUT2D eigenvalue weighted by Crippen LogP contribution is -2.51. The first-order valence-electron chi connectivity index (χ1n) is 20.0. The van der Waals surface area contributed by atoms with Crippen LogP contribution in [0.25, 0.3) is 11.1 Å². The summed E-state index contributed by atoms with van der Waals surface area (Å²) < 4.78 is 11.3. The minimum absolute atomic E-state index is 0.0246. The quantitative estimate of drug-likeness (QED) is 0.0964. The Morgan fingerprint density at radius 2 is 1.33 bits per heavy atom. The Bertz CT molecular complexity index is 1980. The van der Waals surface area contributed by atoms with Crippen molar-refractivity contribution in [1.82, 2.24) is 25.3 Å². The van der Waals surface area contributed by atoms with E-state index in [4.69, 9.17) is 9.47 Å². The molecule has 3 N–H and O–H groups in total. The third-order valence-electron chi connectivity index (χ3n) is 9.90. The second-order valence-corrected chi connectivity index (χ2v) is 15.4. The molecule has 0 aliphatic carbocycles. The molecule has 15 heteroatoms. The van der Waals surface area contributed by atoms with E-state index in [9.17, 15) is 33.6 Å². The van der Waals surface area contributed by atoms with Crippen LogP contribution in [0.2, 0.25) is 0 Å². The van der Waals surface area contributed by atoms with Crippen LogP contribution in [-0.2, 0) is 45.7 Å². The molecule has 0 saturated carbocycles. The number of anilines is 1. The Morgan fingerprint density at radius 1 is 0.733 bits per heavy atom. The van der Waals surface area contributed by atoms with E-state index in [-0.39, 0.29) is 62.8 Å². The number of nitrogens with one attached hydrogen (secondary N) is 3. The zero-order valence-electron chi connectivity index (χ0n) is 35.2. The fourth-order valence-electron chi connectivity index (χ4n) is 6.12. The summed E-state index contributed by atoms with van der Waals surface area (Å²) in [6.45, 7) is 7.58. The highest BCUT2D eigenvalue weighted by Crippen LogP contribution is 2.28. The third-order valence-corrected chi connectivity index (χ3v) is 9.90. The van der Waals surface area contributed by atoms with E-state index < -0.39 is 35.6 Å². The van der Waals surface area contributed by atoms with Gasteiger partial charge in [-0.1, -0.05) is 87.0 Å². The molecule has 3 aromatic rings. The first-order valence-corrected chi connectivity index (χ1v) is 20.0. The molecule has 0 fully saturated rings. The normalized spacial score (nSPS) is 12.8. The number of likely N-dealkylation sites (N-methyl/N-ethyl adjacent to an activating group) is 2. The van der Waals surface area contributed by atoms with Gasteiger partial charge in [-0.25, -0.2) is 9.59 Å². The summed E-state index contributed by atoms with van der Waals surface area (Å²) in [5, 5.41) is 8.01. The minimum Gasteiger partial charge on any atom is -0.445 e. The van der Waals surface area contributed by atoms with Crippen LogP contribution in [0, 0.1) is 5.92 Å². The molecule has 1 atom stereocenters. The van der Waals surface area contributed by atoms with Crippen molar-refractivity contribution >= 4 is 47.4 Å². The zero-order chi connectivity index (χ0) is 43.8. The van der Waals surface area contributed by atoms with Crippen molar-refractivity contribution in [3.8, 4) is 11.1 Å². The summed E-state index contributed by atoms with van der Waals surface area (Å²) in [4.78, 5) is 90.9. The van der Waals surface area contributed by atoms with Crippen LogP contribution in [0.5, 0.6) is 0 Å². The van der Waals surface area contributed by atoms with E-state index in [1.807, 2.05) is 68.4 Å². The highest BCUT2D eigenvalue weighted by molar-refractivity contribution is 6.12. The molecular weight excluding hydrogens is 769 g/mol. The van der Waals surface area contributed by atoms with Gasteiger partial charge in [0.1, 0.15) is 18.2 Å². The van der Waals surface area contributed by atoms with E-state index in [0.717, 1.165) is 21.6 Å². The molecule has 320 valence electrons. The number of nitrogens with zero attached hydrogens (tertiary/aromatic N) is 3. The Labute approximate surface area is 351 Å². The number of benzene rings is 3. The van der Waals surface area contributed by atoms with Crippen LogP contribution in [0.15, 0.2) is 91.0 Å². The molecule has 15 nitrogen and oxygen atoms in total. The standard InChI is InChI=1S/C45H56N6O9/c1-31(2)41(48-37(52)15-11-8-12-26-51-39(54)24-25-40(51)55)42(56)46-29-38(53)47-36-22-16-32(17-23-36)30-59-43(57)49(5)27-28-50(6)44(58)60-45(3,4)35-20-18-34(19-21-35)33-13-9-7-10-14-33/h7,9-10,13-14,16-25,31,41H,8,11-12,15,26-30H2,1-6H3,(H,46,56)(H,47,53)(H,48,52). The molecule has 3 aromatic carbocycles. The molecule has 0 spiro atoms. The Kier molecular flexibility index (Phi) is 17.0. The number of carbonyl (C=O) groups excluding carboxylic acids is 7. The summed E-state index contributed by atoms with van der Waals surface area (Å²) in [7, 11) is 3.17. The molecule has 4 rings (SSSR count). The first kappa shape index (κ1) is 46.2. The Morgan fingerprint density at radius 3 is 1.95 bits per heavy atom. The van der Waals surface area contributed by atoms with Crippen LogP contribution in [0.1, 0.15) is 64.5 Å². The van der Waals surface area contributed by atoms with Gasteiger partial charge in [0.05, 0.1) is 6.54 Å². The van der Waals surface area contributed by atoms with Crippen molar-refractivity contribution < 1.29 is 43.0 Å². The lowest BCUT2D eigenvalue weighted by Gasteiger charge is -2.29. The van der Waals surface area contributed by atoms with Gasteiger partial charge in [-0.3, -0.25) is 28.9 Å². The number of imide groups is 1. The van der Waals surface area contributed by atoms with E-state index >= 15 is 0 Å². The molecule has 0 bridgehead atoms. The maximum Gasteiger partial charge on any atom is 0.410 e. The van der Waals surface area contributed by atoms with Crippen LogP contribution in [0.3, 0.4) is 0 Å². The zero-order valence-corrected chi connectivity index (χ0v) is 35.2. The monoisotopic (exact) mass is 824 g/mol. The highest BCUT2D eigenvalue weighted by atomic mass is 16.6. The van der Waals surface area contributed by atoms with Gasteiger partial charge in [0.2, 0.25) is 17.7 Å². The summed E-state index contributed by atoms with van der Waals surface area (Å²) in [6.07, 6.45) is 3.24. The molecular formula is C45H56N6O9. The molecule has 60 heavy (non-hydrogen) atoms. The van der Waals surface area contributed by atoms with E-state index in [1.54, 1.807) is 52.2 Å². The molecule has 7 amide bonds. The van der Waals surface area contributed by atoms with Gasteiger partial charge in [-0.15, -0.1) is 0 Å². The number of unbranched alkanes of at least 4 members (excludes halogenated alkanes) is 2. The first-order chi connectivity index (χ1) is 28.5. The van der Waals surface area contributed by atoms with Crippen LogP contribution < -0.4 is 16.0 Å². The number of hydrogen-bond donors (Lipinski definition) is 3. The molecule has 1 aliphatic rings. The van der Waals surface area contributed by atoms with Gasteiger partial charge in [-0.2, -0.15) is 0 Å². The number of ether oxygens (including phenoxy) is 2. The average molecular weight is 825 g/mol. The Balaban J connectivity index is 1.11. The van der Waals surface area contributed by atoms with Gasteiger partial charge in [-0.05, 0) is 67.0 Å². The van der Waals surface area contributed by atoms with E-state index in [0.29, 0.717) is 30.5 Å². The molecule has 0 aromatic heterocycles. The largest absolute Gasteiger partial charge is 0.445 e. The van der Waals surface area contributed by atoms with E-state index in [2.05, 4.69) is 16.0 Å². The van der Waals surface area contributed by atoms with Gasteiger partial charge in [0, 0.05) is 58.0 Å². The summed E-state index contributed by atoms with van der Waals surface area (Å²) in [6, 6.07) is 23.7. The van der Waals surface area contributed by atoms with Crippen molar-refractivity contribution in [1.29, 1.82) is 0 Å². The maximum absolute atomic E-state index is 12.9. The van der Waals surface area contributed by atoms with Crippen molar-refractivity contribution in [2.24, 2.45) is 5.92 Å². The van der Waals surface area contributed by atoms with Crippen molar-refractivity contribution in [2.75, 3.05) is 45.6 Å². The topological polar surface area (TPSA) is 184 Å². The van der Waals surface area contributed by atoms with Crippen LogP contribution in [0.4, 0.5) is 15.3 Å². The predicted molar refractivity (Wildman–Crippen MR) is 226 cm³/mol. The van der Waals surface area contributed by atoms with Crippen LogP contribution >= 0.6 is 0 Å². The average Bonchev–Trinajstić information content (AvgIpc) is 3.55. The van der Waals surface area contributed by atoms with Gasteiger partial charge in [0.25, 0.3) is 11.8 Å². The molecule has 0 saturated heterocycles. The van der Waals surface area contributed by atoms with Crippen molar-refractivity contribution in [2.45, 2.75) is 71.6 Å². The molecule has 1 unspecified atom stereocenters. The van der Waals surface area contributed by atoms with Gasteiger partial charge < -0.3 is 35.2 Å². The lowest BCUT2D eigenvalue weighted by molar-refractivity contribution is -0.137. The fourth-order valence-corrected chi connectivity index (χ4v) is 6.12. The SMILES string of the molecule is CC(C)C(NC(=O)CCCCCN1C(=O)C=CC1=O)C(=O)NCC(=O)Nc1ccc(COC(=O)N(C)CCN(C)C(=O)OC(C)(C)c2ccc(-c3ccccc3)cc2)cc1. The van der Waals surface area contributed by atoms with Crippen molar-refractivity contribution in [3.63, 3.8) is 0 Å². The third kappa shape index (κ3) is 14.1. The number of hydrogen-bond acceptors (Lipinski definition) is 9. The summed E-state index contributed by atoms with van der Waals surface area (Å²) in [5.41, 5.74) is 3.25. The fraction of sp³-hybridized carbons (Fsp3) is 0.400. The molecule has 1 aliphatic heterocycles. The lowest BCUT2D eigenvalue weighted by atomic mass is 9.95. The number of carbonyl (C=O) groups is 7. The highest BCUT2D eigenvalue weighted by Gasteiger charge is 2.28. The van der Waals surface area contributed by atoms with Crippen LogP contribution in [-0.4, -0.2) is 103 Å². The van der Waals surface area contributed by atoms with E-state index in [1.165, 1.54) is 22.0 Å². The summed E-state index contributed by atoms with van der Waals surface area (Å²) >= 11 is 0. The minimum atomic E-state index is -0.887. The summed E-state index contributed by atoms with van der Waals surface area (Å²) in [5.74, 6) is -2.19. The van der Waals surface area contributed by atoms with Gasteiger partial charge >= 0.3 is 12.2 Å². The maximum atomic E-state index is 12.9. The molecule has 0 radical (unpaired) electrons.